The molecule has 5 heteroatoms. The zero-order valence-corrected chi connectivity index (χ0v) is 10.2. The van der Waals surface area contributed by atoms with Gasteiger partial charge in [0.1, 0.15) is 0 Å². The van der Waals surface area contributed by atoms with Crippen LogP contribution in [-0.4, -0.2) is 10.2 Å². The Morgan fingerprint density at radius 3 is 2.71 bits per heavy atom. The van der Waals surface area contributed by atoms with E-state index in [4.69, 9.17) is 16.0 Å². The molecule has 0 saturated heterocycles. The fourth-order valence-electron chi connectivity index (χ4n) is 1.05. The highest BCUT2D eigenvalue weighted by Crippen LogP contribution is 2.24. The van der Waals surface area contributed by atoms with Gasteiger partial charge in [-0.3, -0.25) is 0 Å². The van der Waals surface area contributed by atoms with E-state index >= 15 is 0 Å². The van der Waals surface area contributed by atoms with E-state index in [-0.39, 0.29) is 0 Å². The van der Waals surface area contributed by atoms with Crippen LogP contribution in [0.1, 0.15) is 5.56 Å². The number of hydrogen-bond acceptors (Lipinski definition) is 3. The normalized spacial score (nSPS) is 10.5. The van der Waals surface area contributed by atoms with Gasteiger partial charge in [0, 0.05) is 33.2 Å². The Morgan fingerprint density at radius 2 is 2.14 bits per heavy atom. The number of benzene rings is 1. The van der Waals surface area contributed by atoms with Crippen molar-refractivity contribution in [2.24, 2.45) is 0 Å². The van der Waals surface area contributed by atoms with Crippen molar-refractivity contribution < 1.29 is 4.42 Å². The van der Waals surface area contributed by atoms with Crippen LogP contribution >= 0.6 is 34.2 Å². The zero-order valence-electron chi connectivity index (χ0n) is 7.29. The van der Waals surface area contributed by atoms with Gasteiger partial charge in [0.05, 0.1) is 0 Å². The summed E-state index contributed by atoms with van der Waals surface area (Å²) in [7, 11) is 0. The van der Waals surface area contributed by atoms with Crippen molar-refractivity contribution in [3.05, 3.63) is 32.7 Å². The van der Waals surface area contributed by atoms with Gasteiger partial charge in [0.25, 0.3) is 3.90 Å². The van der Waals surface area contributed by atoms with Gasteiger partial charge in [-0.15, -0.1) is 10.2 Å². The minimum Gasteiger partial charge on any atom is -0.412 e. The van der Waals surface area contributed by atoms with Gasteiger partial charge in [-0.2, -0.15) is 0 Å². The molecule has 0 fully saturated rings. The smallest absolute Gasteiger partial charge is 0.278 e. The molecular weight excluding hydrogens is 314 g/mol. The molecule has 0 aliphatic rings. The first kappa shape index (κ1) is 9.92. The van der Waals surface area contributed by atoms with Crippen molar-refractivity contribution >= 4 is 34.2 Å². The van der Waals surface area contributed by atoms with E-state index < -0.39 is 0 Å². The first-order valence-corrected chi connectivity index (χ1v) is 5.38. The summed E-state index contributed by atoms with van der Waals surface area (Å²) in [4.78, 5) is 0. The van der Waals surface area contributed by atoms with Gasteiger partial charge >= 0.3 is 0 Å². The third kappa shape index (κ3) is 1.90. The summed E-state index contributed by atoms with van der Waals surface area (Å²) >= 11 is 7.95. The maximum absolute atomic E-state index is 5.98. The molecule has 0 radical (unpaired) electrons. The van der Waals surface area contributed by atoms with Crippen molar-refractivity contribution in [1.29, 1.82) is 0 Å². The minimum atomic E-state index is 0.497. The van der Waals surface area contributed by atoms with E-state index in [2.05, 4.69) is 10.2 Å². The van der Waals surface area contributed by atoms with E-state index in [0.29, 0.717) is 14.8 Å². The van der Waals surface area contributed by atoms with E-state index in [0.717, 1.165) is 11.1 Å². The monoisotopic (exact) mass is 320 g/mol. The summed E-state index contributed by atoms with van der Waals surface area (Å²) in [5.74, 6) is 0.497. The van der Waals surface area contributed by atoms with Crippen LogP contribution in [0.4, 0.5) is 0 Å². The highest BCUT2D eigenvalue weighted by atomic mass is 127. The van der Waals surface area contributed by atoms with E-state index in [9.17, 15) is 0 Å². The molecule has 0 aliphatic carbocycles. The molecule has 14 heavy (non-hydrogen) atoms. The third-order valence-electron chi connectivity index (χ3n) is 1.82. The second-order valence-corrected chi connectivity index (χ2v) is 4.15. The lowest BCUT2D eigenvalue weighted by Gasteiger charge is -1.98. The average Bonchev–Trinajstić information content (AvgIpc) is 2.57. The van der Waals surface area contributed by atoms with Crippen LogP contribution in [0, 0.1) is 10.8 Å². The lowest BCUT2D eigenvalue weighted by atomic mass is 10.1. The molecular formula is C9H6ClIN2O. The molecule has 0 unspecified atom stereocenters. The van der Waals surface area contributed by atoms with Gasteiger partial charge in [0.15, 0.2) is 0 Å². The Bertz CT molecular complexity index is 470. The minimum absolute atomic E-state index is 0.497. The lowest BCUT2D eigenvalue weighted by molar-refractivity contribution is 0.537. The van der Waals surface area contributed by atoms with Gasteiger partial charge < -0.3 is 4.42 Å². The Balaban J connectivity index is 2.47. The molecule has 2 rings (SSSR count). The molecule has 3 nitrogen and oxygen atoms in total. The Hall–Kier alpha value is -0.620. The van der Waals surface area contributed by atoms with E-state index in [1.807, 2.05) is 47.7 Å². The topological polar surface area (TPSA) is 38.9 Å². The molecule has 72 valence electrons. The summed E-state index contributed by atoms with van der Waals surface area (Å²) < 4.78 is 5.79. The Labute approximate surface area is 99.6 Å². The fourth-order valence-corrected chi connectivity index (χ4v) is 1.54. The largest absolute Gasteiger partial charge is 0.412 e. The van der Waals surface area contributed by atoms with Crippen molar-refractivity contribution in [2.45, 2.75) is 6.92 Å². The van der Waals surface area contributed by atoms with Crippen molar-refractivity contribution in [3.63, 3.8) is 0 Å². The number of nitrogens with zero attached hydrogens (tertiary/aromatic N) is 2. The number of halogens is 2. The van der Waals surface area contributed by atoms with E-state index in [1.54, 1.807) is 0 Å². The van der Waals surface area contributed by atoms with Crippen LogP contribution < -0.4 is 0 Å². The molecule has 1 heterocycles. The molecule has 0 spiro atoms. The van der Waals surface area contributed by atoms with Gasteiger partial charge in [-0.25, -0.2) is 0 Å². The fraction of sp³-hybridized carbons (Fsp3) is 0.111. The molecule has 0 atom stereocenters. The van der Waals surface area contributed by atoms with Crippen LogP contribution in [0.15, 0.2) is 22.6 Å². The van der Waals surface area contributed by atoms with Gasteiger partial charge in [-0.05, 0) is 24.6 Å². The van der Waals surface area contributed by atoms with Crippen LogP contribution in [-0.2, 0) is 0 Å². The highest BCUT2D eigenvalue weighted by Gasteiger charge is 2.07. The van der Waals surface area contributed by atoms with Crippen LogP contribution in [0.2, 0.25) is 5.02 Å². The molecule has 1 aromatic heterocycles. The van der Waals surface area contributed by atoms with Crippen molar-refractivity contribution in [3.8, 4) is 11.5 Å². The third-order valence-corrected chi connectivity index (χ3v) is 2.66. The number of aryl methyl sites for hydroxylation is 1. The molecule has 2 aromatic rings. The standard InChI is InChI=1S/C9H6ClIN2O/c1-5-2-3-6(4-7(5)10)8-12-13-9(11)14-8/h2-4H,1H3. The van der Waals surface area contributed by atoms with Crippen LogP contribution in [0.5, 0.6) is 0 Å². The summed E-state index contributed by atoms with van der Waals surface area (Å²) in [6, 6.07) is 5.65. The molecule has 0 amide bonds. The van der Waals surface area contributed by atoms with Crippen LogP contribution in [0.3, 0.4) is 0 Å². The van der Waals surface area contributed by atoms with Gasteiger partial charge in [-0.1, -0.05) is 17.7 Å². The number of aromatic nitrogens is 2. The quantitative estimate of drug-likeness (QED) is 0.757. The molecule has 0 aliphatic heterocycles. The lowest BCUT2D eigenvalue weighted by Crippen LogP contribution is -1.80. The molecule has 0 bridgehead atoms. The second-order valence-electron chi connectivity index (χ2n) is 2.82. The average molecular weight is 321 g/mol. The van der Waals surface area contributed by atoms with Crippen molar-refractivity contribution in [1.82, 2.24) is 10.2 Å². The number of rotatable bonds is 1. The summed E-state index contributed by atoms with van der Waals surface area (Å²) in [5.41, 5.74) is 1.88. The SMILES string of the molecule is Cc1ccc(-c2nnc(I)o2)cc1Cl. The maximum Gasteiger partial charge on any atom is 0.278 e. The molecule has 0 N–H and O–H groups in total. The Morgan fingerprint density at radius 1 is 1.36 bits per heavy atom. The predicted octanol–water partition coefficient (Wildman–Crippen LogP) is 3.30. The molecule has 1 aromatic carbocycles. The Kier molecular flexibility index (Phi) is 2.73. The maximum atomic E-state index is 5.98. The molecule has 0 saturated carbocycles. The summed E-state index contributed by atoms with van der Waals surface area (Å²) in [6.07, 6.45) is 0. The zero-order chi connectivity index (χ0) is 10.1. The first-order valence-electron chi connectivity index (χ1n) is 3.92. The van der Waals surface area contributed by atoms with Crippen molar-refractivity contribution in [2.75, 3.05) is 0 Å². The summed E-state index contributed by atoms with van der Waals surface area (Å²) in [5, 5.41) is 8.35. The summed E-state index contributed by atoms with van der Waals surface area (Å²) in [6.45, 7) is 1.95. The van der Waals surface area contributed by atoms with Crippen LogP contribution in [0.25, 0.3) is 11.5 Å². The van der Waals surface area contributed by atoms with Gasteiger partial charge in [0.2, 0.25) is 5.89 Å². The second kappa shape index (κ2) is 3.86. The predicted molar refractivity (Wildman–Crippen MR) is 62.2 cm³/mol. The number of hydrogen-bond donors (Lipinski definition) is 0. The van der Waals surface area contributed by atoms with E-state index in [1.165, 1.54) is 0 Å². The highest BCUT2D eigenvalue weighted by molar-refractivity contribution is 14.1. The first-order chi connectivity index (χ1) is 6.66.